The van der Waals surface area contributed by atoms with Crippen molar-refractivity contribution in [2.24, 2.45) is 11.8 Å². The van der Waals surface area contributed by atoms with Gasteiger partial charge in [0.15, 0.2) is 0 Å². The summed E-state index contributed by atoms with van der Waals surface area (Å²) in [6.45, 7) is 3.80. The van der Waals surface area contributed by atoms with E-state index in [2.05, 4.69) is 19.1 Å². The lowest BCUT2D eigenvalue weighted by Gasteiger charge is -2.18. The lowest BCUT2D eigenvalue weighted by molar-refractivity contribution is -0.117. The largest absolute Gasteiger partial charge is 0.300 e. The van der Waals surface area contributed by atoms with Gasteiger partial charge in [-0.3, -0.25) is 0 Å². The van der Waals surface area contributed by atoms with E-state index in [1.54, 1.807) is 6.92 Å². The maximum atomic E-state index is 10.8. The molecule has 0 spiro atoms. The molecule has 0 bridgehead atoms. The Bertz CT molecular complexity index is 201. The fourth-order valence-electron chi connectivity index (χ4n) is 1.35. The van der Waals surface area contributed by atoms with Gasteiger partial charge in [0.05, 0.1) is 0 Å². The standard InChI is InChI=1S/C10H14O/c1-8-5-3-4-6-10(8)7-9(2)11/h3-6,8,10H,7H2,1-2H3. The molecular formula is C10H14O. The number of hydrogen-bond acceptors (Lipinski definition) is 1. The van der Waals surface area contributed by atoms with E-state index >= 15 is 0 Å². The summed E-state index contributed by atoms with van der Waals surface area (Å²) < 4.78 is 0. The molecule has 1 rings (SSSR count). The highest BCUT2D eigenvalue weighted by Crippen LogP contribution is 2.22. The number of allylic oxidation sites excluding steroid dienone is 4. The Labute approximate surface area is 67.8 Å². The molecule has 0 radical (unpaired) electrons. The first-order valence-electron chi connectivity index (χ1n) is 4.04. The number of carbonyl (C=O) groups excluding carboxylic acids is 1. The molecule has 0 aromatic carbocycles. The Hall–Kier alpha value is -0.850. The summed E-state index contributed by atoms with van der Waals surface area (Å²) in [5.74, 6) is 1.23. The Balaban J connectivity index is 2.52. The summed E-state index contributed by atoms with van der Waals surface area (Å²) in [6, 6.07) is 0. The van der Waals surface area contributed by atoms with Crippen LogP contribution < -0.4 is 0 Å². The average Bonchev–Trinajstić information content (AvgIpc) is 1.93. The Morgan fingerprint density at radius 3 is 2.55 bits per heavy atom. The van der Waals surface area contributed by atoms with Gasteiger partial charge >= 0.3 is 0 Å². The predicted octanol–water partition coefficient (Wildman–Crippen LogP) is 2.34. The zero-order valence-electron chi connectivity index (χ0n) is 7.08. The molecular weight excluding hydrogens is 136 g/mol. The van der Waals surface area contributed by atoms with Gasteiger partial charge in [-0.15, -0.1) is 0 Å². The molecule has 0 aliphatic heterocycles. The fraction of sp³-hybridized carbons (Fsp3) is 0.500. The molecule has 0 fully saturated rings. The van der Waals surface area contributed by atoms with Gasteiger partial charge in [0.1, 0.15) is 5.78 Å². The minimum absolute atomic E-state index is 0.279. The lowest BCUT2D eigenvalue weighted by Crippen LogP contribution is -2.12. The predicted molar refractivity (Wildman–Crippen MR) is 46.2 cm³/mol. The molecule has 60 valence electrons. The lowest BCUT2D eigenvalue weighted by atomic mass is 9.86. The van der Waals surface area contributed by atoms with Crippen molar-refractivity contribution in [2.45, 2.75) is 20.3 Å². The summed E-state index contributed by atoms with van der Waals surface area (Å²) in [7, 11) is 0. The smallest absolute Gasteiger partial charge is 0.130 e. The molecule has 11 heavy (non-hydrogen) atoms. The van der Waals surface area contributed by atoms with E-state index in [1.807, 2.05) is 12.2 Å². The molecule has 2 atom stereocenters. The van der Waals surface area contributed by atoms with E-state index in [-0.39, 0.29) is 5.78 Å². The Morgan fingerprint density at radius 2 is 2.00 bits per heavy atom. The Kier molecular flexibility index (Phi) is 2.64. The van der Waals surface area contributed by atoms with Crippen LogP contribution in [0.15, 0.2) is 24.3 Å². The average molecular weight is 150 g/mol. The van der Waals surface area contributed by atoms with E-state index in [0.29, 0.717) is 18.3 Å². The van der Waals surface area contributed by atoms with Crippen LogP contribution in [0.2, 0.25) is 0 Å². The van der Waals surface area contributed by atoms with Gasteiger partial charge in [-0.05, 0) is 18.8 Å². The number of Topliss-reactive ketones (excluding diaryl/α,β-unsaturated/α-hetero) is 1. The molecule has 0 heterocycles. The minimum atomic E-state index is 0.279. The monoisotopic (exact) mass is 150 g/mol. The van der Waals surface area contributed by atoms with Crippen molar-refractivity contribution >= 4 is 5.78 Å². The third-order valence-electron chi connectivity index (χ3n) is 2.08. The van der Waals surface area contributed by atoms with Crippen LogP contribution in [-0.4, -0.2) is 5.78 Å². The highest BCUT2D eigenvalue weighted by molar-refractivity contribution is 5.76. The Morgan fingerprint density at radius 1 is 1.36 bits per heavy atom. The third-order valence-corrected chi connectivity index (χ3v) is 2.08. The molecule has 1 aliphatic carbocycles. The van der Waals surface area contributed by atoms with E-state index in [1.165, 1.54) is 0 Å². The molecule has 0 aromatic heterocycles. The summed E-state index contributed by atoms with van der Waals surface area (Å²) >= 11 is 0. The maximum absolute atomic E-state index is 10.8. The van der Waals surface area contributed by atoms with Gasteiger partial charge < -0.3 is 4.79 Å². The van der Waals surface area contributed by atoms with Crippen molar-refractivity contribution in [2.75, 3.05) is 0 Å². The van der Waals surface area contributed by atoms with Crippen LogP contribution in [0.3, 0.4) is 0 Å². The van der Waals surface area contributed by atoms with Crippen molar-refractivity contribution in [3.63, 3.8) is 0 Å². The second kappa shape index (κ2) is 3.51. The van der Waals surface area contributed by atoms with Crippen LogP contribution in [0.1, 0.15) is 20.3 Å². The van der Waals surface area contributed by atoms with Gasteiger partial charge in [0, 0.05) is 6.42 Å². The molecule has 0 saturated carbocycles. The van der Waals surface area contributed by atoms with E-state index in [4.69, 9.17) is 0 Å². The van der Waals surface area contributed by atoms with Crippen molar-refractivity contribution in [1.82, 2.24) is 0 Å². The van der Waals surface area contributed by atoms with E-state index in [9.17, 15) is 4.79 Å². The number of hydrogen-bond donors (Lipinski definition) is 0. The van der Waals surface area contributed by atoms with E-state index in [0.717, 1.165) is 0 Å². The fourth-order valence-corrected chi connectivity index (χ4v) is 1.35. The second-order valence-electron chi connectivity index (χ2n) is 3.20. The van der Waals surface area contributed by atoms with Crippen LogP contribution in [0.25, 0.3) is 0 Å². The zero-order chi connectivity index (χ0) is 8.27. The third kappa shape index (κ3) is 2.34. The second-order valence-corrected chi connectivity index (χ2v) is 3.20. The van der Waals surface area contributed by atoms with Gasteiger partial charge in [0.2, 0.25) is 0 Å². The molecule has 0 amide bonds. The number of ketones is 1. The molecule has 1 heteroatoms. The summed E-state index contributed by atoms with van der Waals surface area (Å²) in [4.78, 5) is 10.8. The molecule has 2 unspecified atom stereocenters. The van der Waals surface area contributed by atoms with Crippen LogP contribution >= 0.6 is 0 Å². The first-order valence-corrected chi connectivity index (χ1v) is 4.04. The topological polar surface area (TPSA) is 17.1 Å². The van der Waals surface area contributed by atoms with Gasteiger partial charge in [-0.1, -0.05) is 31.2 Å². The van der Waals surface area contributed by atoms with Crippen LogP contribution in [-0.2, 0) is 4.79 Å². The van der Waals surface area contributed by atoms with Gasteiger partial charge in [-0.2, -0.15) is 0 Å². The first-order chi connectivity index (χ1) is 5.20. The number of rotatable bonds is 2. The highest BCUT2D eigenvalue weighted by atomic mass is 16.1. The van der Waals surface area contributed by atoms with Crippen molar-refractivity contribution in [3.8, 4) is 0 Å². The van der Waals surface area contributed by atoms with Gasteiger partial charge in [-0.25, -0.2) is 0 Å². The van der Waals surface area contributed by atoms with Crippen molar-refractivity contribution in [1.29, 1.82) is 0 Å². The zero-order valence-corrected chi connectivity index (χ0v) is 7.08. The quantitative estimate of drug-likeness (QED) is 0.590. The van der Waals surface area contributed by atoms with Crippen molar-refractivity contribution in [3.05, 3.63) is 24.3 Å². The molecule has 0 aromatic rings. The summed E-state index contributed by atoms with van der Waals surface area (Å²) in [5.41, 5.74) is 0. The molecule has 0 saturated heterocycles. The SMILES string of the molecule is CC(=O)CC1C=CC=CC1C. The van der Waals surface area contributed by atoms with Crippen LogP contribution in [0.4, 0.5) is 0 Å². The first kappa shape index (κ1) is 8.25. The summed E-state index contributed by atoms with van der Waals surface area (Å²) in [5, 5.41) is 0. The highest BCUT2D eigenvalue weighted by Gasteiger charge is 2.14. The molecule has 0 N–H and O–H groups in total. The van der Waals surface area contributed by atoms with Crippen LogP contribution in [0, 0.1) is 11.8 Å². The maximum Gasteiger partial charge on any atom is 0.130 e. The molecule has 1 nitrogen and oxygen atoms in total. The van der Waals surface area contributed by atoms with Crippen LogP contribution in [0.5, 0.6) is 0 Å². The van der Waals surface area contributed by atoms with Gasteiger partial charge in [0.25, 0.3) is 0 Å². The van der Waals surface area contributed by atoms with Crippen molar-refractivity contribution < 1.29 is 4.79 Å². The molecule has 1 aliphatic rings. The normalized spacial score (nSPS) is 28.9. The summed E-state index contributed by atoms with van der Waals surface area (Å²) in [6.07, 6.45) is 9.01. The number of carbonyl (C=O) groups is 1. The minimum Gasteiger partial charge on any atom is -0.300 e. The van der Waals surface area contributed by atoms with E-state index < -0.39 is 0 Å².